The lowest BCUT2D eigenvalue weighted by molar-refractivity contribution is -0.503. The van der Waals surface area contributed by atoms with Gasteiger partial charge in [-0.05, 0) is 31.2 Å². The Kier molecular flexibility index (Phi) is 4.66. The maximum absolute atomic E-state index is 12.4. The van der Waals surface area contributed by atoms with Gasteiger partial charge < -0.3 is 5.21 Å². The van der Waals surface area contributed by atoms with Crippen molar-refractivity contribution in [2.24, 2.45) is 0 Å². The van der Waals surface area contributed by atoms with E-state index < -0.39 is 0 Å². The van der Waals surface area contributed by atoms with Crippen LogP contribution in [0, 0.1) is 12.1 Å². The van der Waals surface area contributed by atoms with Gasteiger partial charge in [-0.15, -0.1) is 6.58 Å². The zero-order valence-electron chi connectivity index (χ0n) is 11.6. The summed E-state index contributed by atoms with van der Waals surface area (Å²) in [5.74, 6) is 0. The number of hydroxylamine groups is 1. The van der Waals surface area contributed by atoms with Crippen LogP contribution in [0.25, 0.3) is 0 Å². The molecule has 0 spiro atoms. The van der Waals surface area contributed by atoms with E-state index >= 15 is 0 Å². The molecule has 3 nitrogen and oxygen atoms in total. The minimum Gasteiger partial charge on any atom is -0.623 e. The van der Waals surface area contributed by atoms with E-state index in [0.717, 1.165) is 16.0 Å². The number of pyridine rings is 1. The molecule has 0 radical (unpaired) electrons. The van der Waals surface area contributed by atoms with Crippen LogP contribution in [0.5, 0.6) is 0 Å². The van der Waals surface area contributed by atoms with Gasteiger partial charge in [0.25, 0.3) is 0 Å². The Hall–Kier alpha value is -2.42. The van der Waals surface area contributed by atoms with E-state index in [9.17, 15) is 5.21 Å². The predicted octanol–water partition coefficient (Wildman–Crippen LogP) is 3.64. The summed E-state index contributed by atoms with van der Waals surface area (Å²) in [7, 11) is 0. The maximum Gasteiger partial charge on any atom is 0.208 e. The molecule has 1 heterocycles. The summed E-state index contributed by atoms with van der Waals surface area (Å²) >= 11 is 0. The van der Waals surface area contributed by atoms with Crippen LogP contribution in [-0.4, -0.2) is 15.9 Å². The van der Waals surface area contributed by atoms with Crippen LogP contribution in [0.2, 0.25) is 0 Å². The Balaban J connectivity index is 2.29. The van der Waals surface area contributed by atoms with Gasteiger partial charge in [-0.2, -0.15) is 0 Å². The van der Waals surface area contributed by atoms with Crippen LogP contribution < -0.4 is 0 Å². The number of hydrogen-bond donors (Lipinski definition) is 0. The molecule has 3 heteroatoms. The molecule has 0 N–H and O–H groups in total. The summed E-state index contributed by atoms with van der Waals surface area (Å²) < 4.78 is 0.953. The molecule has 0 bridgehead atoms. The number of benzene rings is 1. The maximum atomic E-state index is 12.4. The summed E-state index contributed by atoms with van der Waals surface area (Å²) in [4.78, 5) is 4.27. The van der Waals surface area contributed by atoms with Crippen molar-refractivity contribution in [1.29, 1.82) is 0 Å². The van der Waals surface area contributed by atoms with Crippen molar-refractivity contribution < 1.29 is 4.74 Å². The van der Waals surface area contributed by atoms with Gasteiger partial charge in [0.15, 0.2) is 6.21 Å². The fourth-order valence-corrected chi connectivity index (χ4v) is 1.98. The third-order valence-electron chi connectivity index (χ3n) is 3.08. The van der Waals surface area contributed by atoms with E-state index in [-0.39, 0.29) is 6.04 Å². The lowest BCUT2D eigenvalue weighted by Gasteiger charge is -2.15. The molecule has 1 aromatic heterocycles. The van der Waals surface area contributed by atoms with Gasteiger partial charge in [0.2, 0.25) is 6.04 Å². The molecule has 1 aromatic carbocycles. The second-order valence-electron chi connectivity index (χ2n) is 4.69. The second-order valence-corrected chi connectivity index (χ2v) is 4.69. The number of aromatic nitrogens is 1. The smallest absolute Gasteiger partial charge is 0.208 e. The molecule has 1 unspecified atom stereocenters. The van der Waals surface area contributed by atoms with Crippen molar-refractivity contribution >= 4 is 6.21 Å². The van der Waals surface area contributed by atoms with Crippen LogP contribution in [0.4, 0.5) is 0 Å². The van der Waals surface area contributed by atoms with Gasteiger partial charge in [0.05, 0.1) is 0 Å². The molecule has 0 saturated heterocycles. The van der Waals surface area contributed by atoms with Crippen molar-refractivity contribution in [3.8, 4) is 0 Å². The highest BCUT2D eigenvalue weighted by Crippen LogP contribution is 2.18. The minimum absolute atomic E-state index is 0.338. The minimum atomic E-state index is -0.338. The van der Waals surface area contributed by atoms with Gasteiger partial charge >= 0.3 is 0 Å². The van der Waals surface area contributed by atoms with Gasteiger partial charge in [-0.25, -0.2) is 4.74 Å². The zero-order chi connectivity index (χ0) is 14.4. The number of hydrogen-bond acceptors (Lipinski definition) is 2. The Bertz CT molecular complexity index is 588. The molecule has 2 aromatic rings. The van der Waals surface area contributed by atoms with E-state index in [1.807, 2.05) is 49.4 Å². The number of nitrogens with zero attached hydrogens (tertiary/aromatic N) is 2. The van der Waals surface area contributed by atoms with Crippen molar-refractivity contribution in [3.63, 3.8) is 0 Å². The van der Waals surface area contributed by atoms with E-state index in [1.54, 1.807) is 18.5 Å². The van der Waals surface area contributed by atoms with E-state index in [1.165, 1.54) is 5.56 Å². The molecule has 0 aliphatic heterocycles. The topological polar surface area (TPSA) is 39.0 Å². The largest absolute Gasteiger partial charge is 0.623 e. The fourth-order valence-electron chi connectivity index (χ4n) is 1.98. The molecule has 102 valence electrons. The first kappa shape index (κ1) is 14.0. The van der Waals surface area contributed by atoms with Gasteiger partial charge in [0.1, 0.15) is 5.69 Å². The van der Waals surface area contributed by atoms with Crippen LogP contribution in [-0.2, 0) is 0 Å². The summed E-state index contributed by atoms with van der Waals surface area (Å²) in [6.45, 7) is 5.74. The molecule has 1 atom stereocenters. The van der Waals surface area contributed by atoms with Gasteiger partial charge in [-0.1, -0.05) is 29.8 Å². The quantitative estimate of drug-likeness (QED) is 0.272. The predicted molar refractivity (Wildman–Crippen MR) is 81.8 cm³/mol. The highest BCUT2D eigenvalue weighted by atomic mass is 16.5. The highest BCUT2D eigenvalue weighted by molar-refractivity contribution is 5.75. The Morgan fingerprint density at radius 1 is 1.25 bits per heavy atom. The first-order valence-corrected chi connectivity index (χ1v) is 6.59. The Labute approximate surface area is 119 Å². The van der Waals surface area contributed by atoms with Crippen LogP contribution in [0.3, 0.4) is 0 Å². The SMILES string of the molecule is C=CCC(c1ccccn1)/[N+]([O-])=C/c1ccc(C)cc1. The molecule has 20 heavy (non-hydrogen) atoms. The van der Waals surface area contributed by atoms with Crippen LogP contribution in [0.15, 0.2) is 61.3 Å². The van der Waals surface area contributed by atoms with E-state index in [2.05, 4.69) is 11.6 Å². The lowest BCUT2D eigenvalue weighted by atomic mass is 10.1. The molecule has 0 fully saturated rings. The van der Waals surface area contributed by atoms with Gasteiger partial charge in [0, 0.05) is 18.2 Å². The van der Waals surface area contributed by atoms with Crippen LogP contribution >= 0.6 is 0 Å². The summed E-state index contributed by atoms with van der Waals surface area (Å²) in [5, 5.41) is 12.4. The Morgan fingerprint density at radius 2 is 2.00 bits per heavy atom. The van der Waals surface area contributed by atoms with E-state index in [4.69, 9.17) is 0 Å². The number of aryl methyl sites for hydroxylation is 1. The molecular weight excluding hydrogens is 248 g/mol. The number of rotatable bonds is 5. The third-order valence-corrected chi connectivity index (χ3v) is 3.08. The monoisotopic (exact) mass is 266 g/mol. The fraction of sp³-hybridized carbons (Fsp3) is 0.176. The van der Waals surface area contributed by atoms with Crippen molar-refractivity contribution in [1.82, 2.24) is 4.98 Å². The van der Waals surface area contributed by atoms with Gasteiger partial charge in [-0.3, -0.25) is 4.98 Å². The lowest BCUT2D eigenvalue weighted by Crippen LogP contribution is -2.15. The average molecular weight is 266 g/mol. The molecule has 0 amide bonds. The van der Waals surface area contributed by atoms with Crippen LogP contribution in [0.1, 0.15) is 29.3 Å². The first-order valence-electron chi connectivity index (χ1n) is 6.59. The zero-order valence-corrected chi connectivity index (χ0v) is 11.6. The highest BCUT2D eigenvalue weighted by Gasteiger charge is 2.18. The first-order chi connectivity index (χ1) is 9.70. The van der Waals surface area contributed by atoms with Crippen molar-refractivity contribution in [2.75, 3.05) is 0 Å². The summed E-state index contributed by atoms with van der Waals surface area (Å²) in [6.07, 6.45) is 5.60. The van der Waals surface area contributed by atoms with Crippen molar-refractivity contribution in [2.45, 2.75) is 19.4 Å². The van der Waals surface area contributed by atoms with Crippen molar-refractivity contribution in [3.05, 3.63) is 83.3 Å². The van der Waals surface area contributed by atoms with E-state index in [0.29, 0.717) is 6.42 Å². The average Bonchev–Trinajstić information content (AvgIpc) is 2.48. The summed E-state index contributed by atoms with van der Waals surface area (Å²) in [5.41, 5.74) is 2.81. The standard InChI is InChI=1S/C17H18N2O/c1-3-6-17(16-7-4-5-12-18-16)19(20)13-15-10-8-14(2)9-11-15/h3-5,7-13,17H,1,6H2,2H3/b19-13-. The normalized spacial score (nSPS) is 12.9. The Morgan fingerprint density at radius 3 is 2.60 bits per heavy atom. The molecule has 2 rings (SSSR count). The third kappa shape index (κ3) is 3.54. The summed E-state index contributed by atoms with van der Waals surface area (Å²) in [6, 6.07) is 13.1. The molecule has 0 saturated carbocycles. The second kappa shape index (κ2) is 6.66. The molecule has 0 aliphatic carbocycles. The molecule has 0 aliphatic rings. The molecular formula is C17H18N2O.